The lowest BCUT2D eigenvalue weighted by Gasteiger charge is -2.20. The van der Waals surface area contributed by atoms with Gasteiger partial charge in [-0.1, -0.05) is 0 Å². The lowest BCUT2D eigenvalue weighted by Crippen LogP contribution is -2.33. The minimum Gasteiger partial charge on any atom is -0.191 e. The third-order valence-electron chi connectivity index (χ3n) is 1.58. The summed E-state index contributed by atoms with van der Waals surface area (Å²) in [6, 6.07) is 3.17. The zero-order chi connectivity index (χ0) is 11.9. The van der Waals surface area contributed by atoms with Gasteiger partial charge < -0.3 is 0 Å². The molecule has 0 nitrogen and oxygen atoms in total. The van der Waals surface area contributed by atoms with E-state index in [1.807, 2.05) is 0 Å². The molecule has 0 aliphatic rings. The fourth-order valence-electron chi connectivity index (χ4n) is 0.899. The Morgan fingerprint density at radius 2 is 1.20 bits per heavy atom. The molecule has 0 spiro atoms. The molecular formula is C8H3F5I2. The summed E-state index contributed by atoms with van der Waals surface area (Å²) in [5.41, 5.74) is -1.02. The normalized spacial score (nSPS) is 13.0. The molecule has 0 unspecified atom stereocenters. The van der Waals surface area contributed by atoms with Crippen molar-refractivity contribution in [1.82, 2.24) is 0 Å². The molecule has 0 aromatic heterocycles. The molecule has 0 heterocycles. The molecule has 1 aromatic rings. The van der Waals surface area contributed by atoms with Gasteiger partial charge in [0.25, 0.3) is 0 Å². The molecule has 0 saturated heterocycles. The first-order chi connectivity index (χ1) is 6.64. The highest BCUT2D eigenvalue weighted by Crippen LogP contribution is 2.44. The summed E-state index contributed by atoms with van der Waals surface area (Å²) in [6.07, 6.45) is -5.56. The Labute approximate surface area is 110 Å². The highest BCUT2D eigenvalue weighted by Gasteiger charge is 2.58. The van der Waals surface area contributed by atoms with Gasteiger partial charge in [-0.25, -0.2) is 0 Å². The van der Waals surface area contributed by atoms with Crippen molar-refractivity contribution in [3.8, 4) is 0 Å². The van der Waals surface area contributed by atoms with Gasteiger partial charge in [0.15, 0.2) is 0 Å². The van der Waals surface area contributed by atoms with Crippen LogP contribution in [0.25, 0.3) is 0 Å². The number of rotatable bonds is 1. The molecule has 0 atom stereocenters. The van der Waals surface area contributed by atoms with Crippen LogP contribution in [0, 0.1) is 7.14 Å². The molecule has 0 aliphatic heterocycles. The van der Waals surface area contributed by atoms with Crippen molar-refractivity contribution < 1.29 is 22.0 Å². The quantitative estimate of drug-likeness (QED) is 0.437. The Hall–Kier alpha value is 0.330. The van der Waals surface area contributed by atoms with E-state index in [1.165, 1.54) is 6.07 Å². The topological polar surface area (TPSA) is 0 Å². The average Bonchev–Trinajstić information content (AvgIpc) is 1.99. The molecule has 0 fully saturated rings. The molecule has 84 valence electrons. The smallest absolute Gasteiger partial charge is 0.191 e. The maximum Gasteiger partial charge on any atom is 0.458 e. The van der Waals surface area contributed by atoms with Gasteiger partial charge in [0.05, 0.1) is 0 Å². The standard InChI is InChI=1S/C8H3F5I2/c9-7(10,8(11,12)13)4-1-5(14)3-6(15)2-4/h1-3H. The fourth-order valence-corrected chi connectivity index (χ4v) is 2.84. The van der Waals surface area contributed by atoms with E-state index in [0.29, 0.717) is 7.14 Å². The second kappa shape index (κ2) is 4.30. The molecule has 0 amide bonds. The van der Waals surface area contributed by atoms with Crippen LogP contribution in [0.4, 0.5) is 22.0 Å². The molecule has 0 N–H and O–H groups in total. The maximum absolute atomic E-state index is 12.9. The second-order valence-corrected chi connectivity index (χ2v) is 5.22. The first-order valence-electron chi connectivity index (χ1n) is 3.55. The average molecular weight is 448 g/mol. The zero-order valence-electron chi connectivity index (χ0n) is 6.88. The summed E-state index contributed by atoms with van der Waals surface area (Å²) in [5, 5.41) is 0. The molecule has 0 saturated carbocycles. The van der Waals surface area contributed by atoms with Crippen LogP contribution in [0.1, 0.15) is 5.56 Å². The lowest BCUT2D eigenvalue weighted by atomic mass is 10.1. The van der Waals surface area contributed by atoms with Crippen LogP contribution in [0.3, 0.4) is 0 Å². The van der Waals surface area contributed by atoms with Crippen molar-refractivity contribution in [2.45, 2.75) is 12.1 Å². The lowest BCUT2D eigenvalue weighted by molar-refractivity contribution is -0.289. The van der Waals surface area contributed by atoms with Crippen LogP contribution in [-0.2, 0) is 5.92 Å². The van der Waals surface area contributed by atoms with Crippen LogP contribution in [0.5, 0.6) is 0 Å². The maximum atomic E-state index is 12.9. The molecule has 0 radical (unpaired) electrons. The number of hydrogen-bond donors (Lipinski definition) is 0. The number of benzene rings is 1. The summed E-state index contributed by atoms with van der Waals surface area (Å²) >= 11 is 3.39. The highest BCUT2D eigenvalue weighted by atomic mass is 127. The Morgan fingerprint density at radius 3 is 1.53 bits per heavy atom. The Kier molecular flexibility index (Phi) is 3.84. The van der Waals surface area contributed by atoms with E-state index in [4.69, 9.17) is 0 Å². The molecule has 0 aliphatic carbocycles. The van der Waals surface area contributed by atoms with Gasteiger partial charge in [-0.3, -0.25) is 0 Å². The molecule has 15 heavy (non-hydrogen) atoms. The Balaban J connectivity index is 3.27. The van der Waals surface area contributed by atoms with Gasteiger partial charge in [0.2, 0.25) is 0 Å². The molecule has 1 rings (SSSR count). The van der Waals surface area contributed by atoms with E-state index in [0.717, 1.165) is 12.1 Å². The van der Waals surface area contributed by atoms with E-state index in [1.54, 1.807) is 45.2 Å². The predicted octanol–water partition coefficient (Wildman–Crippen LogP) is 4.55. The van der Waals surface area contributed by atoms with Crippen molar-refractivity contribution in [2.75, 3.05) is 0 Å². The van der Waals surface area contributed by atoms with Crippen LogP contribution < -0.4 is 0 Å². The van der Waals surface area contributed by atoms with Crippen LogP contribution in [-0.4, -0.2) is 6.18 Å². The summed E-state index contributed by atoms with van der Waals surface area (Å²) in [4.78, 5) is 0. The van der Waals surface area contributed by atoms with Crippen molar-refractivity contribution >= 4 is 45.2 Å². The van der Waals surface area contributed by atoms with Crippen LogP contribution in [0.15, 0.2) is 18.2 Å². The van der Waals surface area contributed by atoms with Gasteiger partial charge >= 0.3 is 12.1 Å². The largest absolute Gasteiger partial charge is 0.458 e. The van der Waals surface area contributed by atoms with Gasteiger partial charge in [-0.2, -0.15) is 22.0 Å². The van der Waals surface area contributed by atoms with Gasteiger partial charge in [-0.05, 0) is 63.4 Å². The predicted molar refractivity (Wildman–Crippen MR) is 61.8 cm³/mol. The number of hydrogen-bond acceptors (Lipinski definition) is 0. The fraction of sp³-hybridized carbons (Fsp3) is 0.250. The van der Waals surface area contributed by atoms with Gasteiger partial charge in [0, 0.05) is 12.7 Å². The van der Waals surface area contributed by atoms with Crippen molar-refractivity contribution in [2.24, 2.45) is 0 Å². The summed E-state index contributed by atoms with van der Waals surface area (Å²) in [6.45, 7) is 0. The van der Waals surface area contributed by atoms with E-state index >= 15 is 0 Å². The van der Waals surface area contributed by atoms with Crippen LogP contribution >= 0.6 is 45.2 Å². The molecule has 0 bridgehead atoms. The summed E-state index contributed by atoms with van der Waals surface area (Å²) in [7, 11) is 0. The van der Waals surface area contributed by atoms with Crippen molar-refractivity contribution in [3.05, 3.63) is 30.9 Å². The van der Waals surface area contributed by atoms with E-state index < -0.39 is 17.7 Å². The number of halogens is 7. The van der Waals surface area contributed by atoms with E-state index in [-0.39, 0.29) is 0 Å². The van der Waals surface area contributed by atoms with Gasteiger partial charge in [-0.15, -0.1) is 0 Å². The minimum absolute atomic E-state index is 0.346. The van der Waals surface area contributed by atoms with Crippen molar-refractivity contribution in [1.29, 1.82) is 0 Å². The molecule has 1 aromatic carbocycles. The van der Waals surface area contributed by atoms with Gasteiger partial charge in [0.1, 0.15) is 0 Å². The zero-order valence-corrected chi connectivity index (χ0v) is 11.2. The first-order valence-corrected chi connectivity index (χ1v) is 5.71. The third-order valence-corrected chi connectivity index (χ3v) is 2.83. The van der Waals surface area contributed by atoms with Crippen LogP contribution in [0.2, 0.25) is 0 Å². The second-order valence-electron chi connectivity index (χ2n) is 2.73. The summed E-state index contributed by atoms with van der Waals surface area (Å²) in [5.74, 6) is -4.80. The minimum atomic E-state index is -5.56. The third kappa shape index (κ3) is 2.92. The molecular weight excluding hydrogens is 445 g/mol. The highest BCUT2D eigenvalue weighted by molar-refractivity contribution is 14.1. The SMILES string of the molecule is FC(F)(F)C(F)(F)c1cc(I)cc(I)c1. The molecule has 7 heteroatoms. The Bertz CT molecular complexity index is 352. The number of alkyl halides is 5. The summed E-state index contributed by atoms with van der Waals surface area (Å²) < 4.78 is 62.6. The monoisotopic (exact) mass is 448 g/mol. The first kappa shape index (κ1) is 13.4. The Morgan fingerprint density at radius 1 is 0.800 bits per heavy atom. The van der Waals surface area contributed by atoms with E-state index in [2.05, 4.69) is 0 Å². The van der Waals surface area contributed by atoms with Crippen molar-refractivity contribution in [3.63, 3.8) is 0 Å². The van der Waals surface area contributed by atoms with E-state index in [9.17, 15) is 22.0 Å².